The Morgan fingerprint density at radius 3 is 2.53 bits per heavy atom. The van der Waals surface area contributed by atoms with Crippen molar-refractivity contribution < 1.29 is 14.7 Å². The molecule has 30 heavy (non-hydrogen) atoms. The number of amides is 1. The maximum Gasteiger partial charge on any atom is 0.334 e. The van der Waals surface area contributed by atoms with E-state index in [2.05, 4.69) is 15.6 Å². The van der Waals surface area contributed by atoms with E-state index < -0.39 is 11.9 Å². The lowest BCUT2D eigenvalue weighted by Crippen LogP contribution is -2.34. The van der Waals surface area contributed by atoms with E-state index in [0.29, 0.717) is 34.0 Å². The van der Waals surface area contributed by atoms with Gasteiger partial charge in [0.05, 0.1) is 11.5 Å². The Labute approximate surface area is 180 Å². The summed E-state index contributed by atoms with van der Waals surface area (Å²) in [6.45, 7) is 3.45. The van der Waals surface area contributed by atoms with Gasteiger partial charge < -0.3 is 15.7 Å². The molecule has 0 fully saturated rings. The fraction of sp³-hybridized carbons (Fsp3) is 0.174. The topological polar surface area (TPSA) is 91.3 Å². The zero-order valence-electron chi connectivity index (χ0n) is 16.6. The fourth-order valence-corrected chi connectivity index (χ4v) is 3.72. The number of hydrogen-bond acceptors (Lipinski definition) is 4. The van der Waals surface area contributed by atoms with Crippen molar-refractivity contribution in [1.82, 2.24) is 15.6 Å². The highest BCUT2D eigenvalue weighted by molar-refractivity contribution is 6.30. The van der Waals surface area contributed by atoms with Gasteiger partial charge in [0.25, 0.3) is 5.91 Å². The minimum Gasteiger partial charge on any atom is -0.478 e. The molecule has 0 bridgehead atoms. The number of aromatic nitrogens is 1. The van der Waals surface area contributed by atoms with Gasteiger partial charge in [0.2, 0.25) is 0 Å². The number of rotatable bonds is 6. The quantitative estimate of drug-likeness (QED) is 0.654. The van der Waals surface area contributed by atoms with Crippen LogP contribution in [-0.4, -0.2) is 22.0 Å². The average Bonchev–Trinajstić information content (AvgIpc) is 2.71. The molecular weight excluding hydrogens is 402 g/mol. The fourth-order valence-electron chi connectivity index (χ4n) is 3.52. The van der Waals surface area contributed by atoms with Gasteiger partial charge in [0, 0.05) is 40.6 Å². The number of carboxylic acids is 1. The van der Waals surface area contributed by atoms with Crippen molar-refractivity contribution in [1.29, 1.82) is 0 Å². The standard InChI is InChI=1S/C23H22ClN3O3/c1-14-19(22(28)26-10-4-5-16-8-11-25-12-9-16)21(17-6-3-7-18(24)13-17)20(23(29)30)15(2)27-14/h3-4,6-13,21,27H,5H2,1-2H3,(H,26,28)(H,29,30). The van der Waals surface area contributed by atoms with E-state index in [1.54, 1.807) is 56.7 Å². The van der Waals surface area contributed by atoms with E-state index in [1.165, 1.54) is 0 Å². The highest BCUT2D eigenvalue weighted by Crippen LogP contribution is 2.38. The summed E-state index contributed by atoms with van der Waals surface area (Å²) in [6, 6.07) is 10.7. The maximum atomic E-state index is 13.0. The van der Waals surface area contributed by atoms with Gasteiger partial charge in [-0.25, -0.2) is 4.79 Å². The molecule has 1 aliphatic rings. The molecule has 3 N–H and O–H groups in total. The summed E-state index contributed by atoms with van der Waals surface area (Å²) in [7, 11) is 0. The van der Waals surface area contributed by atoms with Crippen LogP contribution >= 0.6 is 11.6 Å². The summed E-state index contributed by atoms with van der Waals surface area (Å²) >= 11 is 6.14. The van der Waals surface area contributed by atoms with Crippen molar-refractivity contribution in [2.75, 3.05) is 0 Å². The molecule has 3 rings (SSSR count). The SMILES string of the molecule is CC1=C(C(=O)O)C(c2cccc(Cl)c2)C(C(=O)NC=CCc2ccncc2)=C(C)N1. The van der Waals surface area contributed by atoms with E-state index >= 15 is 0 Å². The van der Waals surface area contributed by atoms with Gasteiger partial charge in [-0.15, -0.1) is 0 Å². The minimum absolute atomic E-state index is 0.119. The largest absolute Gasteiger partial charge is 0.478 e. The lowest BCUT2D eigenvalue weighted by Gasteiger charge is -2.30. The van der Waals surface area contributed by atoms with Gasteiger partial charge >= 0.3 is 5.97 Å². The van der Waals surface area contributed by atoms with Gasteiger partial charge in [0.15, 0.2) is 0 Å². The number of allylic oxidation sites excluding steroid dienone is 3. The summed E-state index contributed by atoms with van der Waals surface area (Å²) in [5.74, 6) is -2.20. The highest BCUT2D eigenvalue weighted by atomic mass is 35.5. The normalized spacial score (nSPS) is 16.6. The summed E-state index contributed by atoms with van der Waals surface area (Å²) < 4.78 is 0. The average molecular weight is 424 g/mol. The van der Waals surface area contributed by atoms with E-state index in [9.17, 15) is 14.7 Å². The summed E-state index contributed by atoms with van der Waals surface area (Å²) in [5, 5.41) is 16.1. The summed E-state index contributed by atoms with van der Waals surface area (Å²) in [5.41, 5.74) is 3.26. The Hall–Kier alpha value is -3.38. The molecule has 6 nitrogen and oxygen atoms in total. The van der Waals surface area contributed by atoms with Crippen LogP contribution in [0, 0.1) is 0 Å². The second kappa shape index (κ2) is 9.41. The molecule has 0 saturated heterocycles. The maximum absolute atomic E-state index is 13.0. The number of dihydropyridines is 1. The molecule has 1 amide bonds. The van der Waals surface area contributed by atoms with Crippen LogP contribution in [0.5, 0.6) is 0 Å². The van der Waals surface area contributed by atoms with E-state index in [1.807, 2.05) is 18.2 Å². The lowest BCUT2D eigenvalue weighted by atomic mass is 9.80. The number of halogens is 1. The number of carbonyl (C=O) groups excluding carboxylic acids is 1. The second-order valence-electron chi connectivity index (χ2n) is 6.93. The highest BCUT2D eigenvalue weighted by Gasteiger charge is 2.36. The molecule has 0 aliphatic carbocycles. The van der Waals surface area contributed by atoms with Crippen LogP contribution in [0.3, 0.4) is 0 Å². The molecule has 2 aromatic rings. The number of pyridine rings is 1. The van der Waals surface area contributed by atoms with Gasteiger partial charge in [-0.2, -0.15) is 0 Å². The van der Waals surface area contributed by atoms with Crippen LogP contribution in [-0.2, 0) is 16.0 Å². The van der Waals surface area contributed by atoms with Crippen LogP contribution < -0.4 is 10.6 Å². The summed E-state index contributed by atoms with van der Waals surface area (Å²) in [6.07, 6.45) is 7.45. The Bertz CT molecular complexity index is 1060. The molecule has 0 spiro atoms. The molecule has 1 aromatic heterocycles. The first kappa shape index (κ1) is 21.3. The van der Waals surface area contributed by atoms with Crippen LogP contribution in [0.2, 0.25) is 5.02 Å². The van der Waals surface area contributed by atoms with Crippen LogP contribution in [0.1, 0.15) is 30.9 Å². The number of benzene rings is 1. The van der Waals surface area contributed by atoms with Crippen molar-refractivity contribution in [2.24, 2.45) is 0 Å². The first-order chi connectivity index (χ1) is 14.4. The molecular formula is C23H22ClN3O3. The molecule has 2 heterocycles. The van der Waals surface area contributed by atoms with Gasteiger partial charge in [-0.3, -0.25) is 9.78 Å². The van der Waals surface area contributed by atoms with E-state index in [-0.39, 0.29) is 11.5 Å². The molecule has 154 valence electrons. The lowest BCUT2D eigenvalue weighted by molar-refractivity contribution is -0.133. The molecule has 1 aliphatic heterocycles. The van der Waals surface area contributed by atoms with Crippen molar-refractivity contribution in [3.8, 4) is 0 Å². The van der Waals surface area contributed by atoms with Crippen molar-refractivity contribution in [3.63, 3.8) is 0 Å². The third-order valence-electron chi connectivity index (χ3n) is 4.85. The van der Waals surface area contributed by atoms with Gasteiger partial charge in [-0.1, -0.05) is 29.8 Å². The second-order valence-corrected chi connectivity index (χ2v) is 7.37. The molecule has 0 radical (unpaired) electrons. The number of hydrogen-bond donors (Lipinski definition) is 3. The summed E-state index contributed by atoms with van der Waals surface area (Å²) in [4.78, 5) is 29.0. The minimum atomic E-state index is -1.09. The number of carboxylic acid groups (broad SMARTS) is 1. The van der Waals surface area contributed by atoms with Crippen molar-refractivity contribution >= 4 is 23.5 Å². The third kappa shape index (κ3) is 4.78. The van der Waals surface area contributed by atoms with E-state index in [4.69, 9.17) is 11.6 Å². The van der Waals surface area contributed by atoms with Crippen LogP contribution in [0.4, 0.5) is 0 Å². The molecule has 7 heteroatoms. The number of aliphatic carboxylic acids is 1. The Morgan fingerprint density at radius 1 is 1.17 bits per heavy atom. The van der Waals surface area contributed by atoms with E-state index in [0.717, 1.165) is 5.56 Å². The zero-order valence-corrected chi connectivity index (χ0v) is 17.4. The predicted molar refractivity (Wildman–Crippen MR) is 116 cm³/mol. The molecule has 1 aromatic carbocycles. The van der Waals surface area contributed by atoms with Crippen molar-refractivity contribution in [2.45, 2.75) is 26.2 Å². The predicted octanol–water partition coefficient (Wildman–Crippen LogP) is 3.93. The Kier molecular flexibility index (Phi) is 6.69. The number of nitrogens with one attached hydrogen (secondary N) is 2. The zero-order chi connectivity index (χ0) is 21.7. The smallest absolute Gasteiger partial charge is 0.334 e. The third-order valence-corrected chi connectivity index (χ3v) is 5.09. The molecule has 1 atom stereocenters. The Balaban J connectivity index is 1.89. The number of carbonyl (C=O) groups is 2. The van der Waals surface area contributed by atoms with Gasteiger partial charge in [-0.05, 0) is 55.7 Å². The Morgan fingerprint density at radius 2 is 1.87 bits per heavy atom. The van der Waals surface area contributed by atoms with Crippen molar-refractivity contribution in [3.05, 3.63) is 99.8 Å². The van der Waals surface area contributed by atoms with Crippen LogP contribution in [0.15, 0.2) is 83.6 Å². The first-order valence-electron chi connectivity index (χ1n) is 9.40. The monoisotopic (exact) mass is 423 g/mol. The number of nitrogens with zero attached hydrogens (tertiary/aromatic N) is 1. The first-order valence-corrected chi connectivity index (χ1v) is 9.78. The molecule has 1 unspecified atom stereocenters. The molecule has 0 saturated carbocycles. The van der Waals surface area contributed by atoms with Gasteiger partial charge in [0.1, 0.15) is 0 Å². The van der Waals surface area contributed by atoms with Crippen LogP contribution in [0.25, 0.3) is 0 Å².